The van der Waals surface area contributed by atoms with E-state index in [1.807, 2.05) is 23.5 Å². The minimum Gasteiger partial charge on any atom is -0.397 e. The molecule has 112 valence electrons. The molecule has 5 nitrogen and oxygen atoms in total. The predicted molar refractivity (Wildman–Crippen MR) is 89.2 cm³/mol. The van der Waals surface area contributed by atoms with Crippen molar-refractivity contribution in [3.63, 3.8) is 0 Å². The lowest BCUT2D eigenvalue weighted by atomic mass is 10.2. The number of hydrogen-bond acceptors (Lipinski definition) is 6. The molecule has 20 heavy (non-hydrogen) atoms. The van der Waals surface area contributed by atoms with Gasteiger partial charge < -0.3 is 11.1 Å². The molecule has 0 saturated carbocycles. The Morgan fingerprint density at radius 1 is 1.40 bits per heavy atom. The summed E-state index contributed by atoms with van der Waals surface area (Å²) in [7, 11) is -2.05. The Bertz CT molecular complexity index is 557. The molecule has 1 saturated heterocycles. The number of thioether (sulfide) groups is 2. The Hall–Kier alpha value is -0.570. The fourth-order valence-electron chi connectivity index (χ4n) is 1.87. The van der Waals surface area contributed by atoms with Crippen LogP contribution in [0.1, 0.15) is 0 Å². The second-order valence-corrected chi connectivity index (χ2v) is 8.85. The lowest BCUT2D eigenvalue weighted by Crippen LogP contribution is -2.23. The van der Waals surface area contributed by atoms with Gasteiger partial charge in [-0.25, -0.2) is 13.1 Å². The summed E-state index contributed by atoms with van der Waals surface area (Å²) in [5.74, 6) is 3.55. The van der Waals surface area contributed by atoms with Crippen molar-refractivity contribution in [2.75, 3.05) is 41.9 Å². The van der Waals surface area contributed by atoms with E-state index in [2.05, 4.69) is 10.0 Å². The topological polar surface area (TPSA) is 84.2 Å². The first kappa shape index (κ1) is 15.8. The van der Waals surface area contributed by atoms with Gasteiger partial charge in [-0.2, -0.15) is 23.5 Å². The van der Waals surface area contributed by atoms with E-state index in [-0.39, 0.29) is 4.90 Å². The van der Waals surface area contributed by atoms with Crippen LogP contribution in [0.4, 0.5) is 11.4 Å². The van der Waals surface area contributed by atoms with Gasteiger partial charge in [-0.15, -0.1) is 0 Å². The predicted octanol–water partition coefficient (Wildman–Crippen LogP) is 1.44. The van der Waals surface area contributed by atoms with E-state index in [9.17, 15) is 8.42 Å². The molecule has 1 fully saturated rings. The van der Waals surface area contributed by atoms with Crippen LogP contribution in [0.25, 0.3) is 0 Å². The molecule has 1 unspecified atom stereocenters. The third-order valence-corrected chi connectivity index (χ3v) is 7.26. The molecule has 1 aliphatic heterocycles. The number of anilines is 2. The normalized spacial score (nSPS) is 19.8. The summed E-state index contributed by atoms with van der Waals surface area (Å²) >= 11 is 3.94. The summed E-state index contributed by atoms with van der Waals surface area (Å²) in [6.45, 7) is 0.847. The average Bonchev–Trinajstić information content (AvgIpc) is 2.47. The molecule has 2 rings (SSSR count). The third kappa shape index (κ3) is 3.97. The molecular formula is C12H19N3O2S3. The molecule has 0 amide bonds. The summed E-state index contributed by atoms with van der Waals surface area (Å²) in [6.07, 6.45) is 0. The van der Waals surface area contributed by atoms with E-state index < -0.39 is 10.0 Å². The van der Waals surface area contributed by atoms with Crippen molar-refractivity contribution in [1.29, 1.82) is 0 Å². The SMILES string of the molecule is CNS(=O)(=O)c1ccc(NCC2CSCCS2)c(N)c1. The van der Waals surface area contributed by atoms with Crippen molar-refractivity contribution in [2.45, 2.75) is 10.1 Å². The maximum atomic E-state index is 11.7. The van der Waals surface area contributed by atoms with Gasteiger partial charge in [-0.3, -0.25) is 0 Å². The van der Waals surface area contributed by atoms with Crippen LogP contribution in [-0.4, -0.2) is 44.5 Å². The van der Waals surface area contributed by atoms with Crippen LogP contribution in [0, 0.1) is 0 Å². The number of nitrogen functional groups attached to an aromatic ring is 1. The van der Waals surface area contributed by atoms with Crippen molar-refractivity contribution in [3.8, 4) is 0 Å². The van der Waals surface area contributed by atoms with E-state index in [0.717, 1.165) is 18.0 Å². The van der Waals surface area contributed by atoms with Crippen molar-refractivity contribution < 1.29 is 8.42 Å². The molecule has 0 bridgehead atoms. The Morgan fingerprint density at radius 3 is 2.80 bits per heavy atom. The molecule has 0 aliphatic carbocycles. The Labute approximate surface area is 128 Å². The molecular weight excluding hydrogens is 314 g/mol. The summed E-state index contributed by atoms with van der Waals surface area (Å²) in [6, 6.07) is 4.77. The zero-order chi connectivity index (χ0) is 14.6. The van der Waals surface area contributed by atoms with Crippen LogP contribution < -0.4 is 15.8 Å². The van der Waals surface area contributed by atoms with Crippen LogP contribution in [0.15, 0.2) is 23.1 Å². The van der Waals surface area contributed by atoms with Crippen LogP contribution in [0.3, 0.4) is 0 Å². The number of nitrogens with two attached hydrogens (primary N) is 1. The van der Waals surface area contributed by atoms with Crippen LogP contribution in [-0.2, 0) is 10.0 Å². The molecule has 1 aromatic carbocycles. The highest BCUT2D eigenvalue weighted by molar-refractivity contribution is 8.06. The summed E-state index contributed by atoms with van der Waals surface area (Å²) < 4.78 is 25.6. The van der Waals surface area contributed by atoms with Gasteiger partial charge in [-0.05, 0) is 25.2 Å². The van der Waals surface area contributed by atoms with Gasteiger partial charge >= 0.3 is 0 Å². The monoisotopic (exact) mass is 333 g/mol. The fourth-order valence-corrected chi connectivity index (χ4v) is 5.24. The van der Waals surface area contributed by atoms with E-state index >= 15 is 0 Å². The number of benzene rings is 1. The maximum Gasteiger partial charge on any atom is 0.240 e. The molecule has 8 heteroatoms. The highest BCUT2D eigenvalue weighted by Crippen LogP contribution is 2.26. The molecule has 1 aliphatic rings. The molecule has 1 atom stereocenters. The number of rotatable bonds is 5. The maximum absolute atomic E-state index is 11.7. The van der Waals surface area contributed by atoms with Gasteiger partial charge in [0.25, 0.3) is 0 Å². The number of sulfonamides is 1. The van der Waals surface area contributed by atoms with E-state index in [0.29, 0.717) is 10.9 Å². The van der Waals surface area contributed by atoms with Crippen molar-refractivity contribution in [1.82, 2.24) is 4.72 Å². The van der Waals surface area contributed by atoms with Gasteiger partial charge in [0.1, 0.15) is 0 Å². The minimum atomic E-state index is -3.44. The van der Waals surface area contributed by atoms with E-state index in [1.54, 1.807) is 12.1 Å². The summed E-state index contributed by atoms with van der Waals surface area (Å²) in [5, 5.41) is 3.88. The summed E-state index contributed by atoms with van der Waals surface area (Å²) in [4.78, 5) is 0.186. The van der Waals surface area contributed by atoms with Crippen molar-refractivity contribution in [3.05, 3.63) is 18.2 Å². The first-order valence-electron chi connectivity index (χ1n) is 6.29. The van der Waals surface area contributed by atoms with E-state index in [4.69, 9.17) is 5.73 Å². The smallest absolute Gasteiger partial charge is 0.240 e. The highest BCUT2D eigenvalue weighted by Gasteiger charge is 2.16. The lowest BCUT2D eigenvalue weighted by molar-refractivity contribution is 0.588. The molecule has 4 N–H and O–H groups in total. The van der Waals surface area contributed by atoms with Crippen molar-refractivity contribution >= 4 is 44.9 Å². The van der Waals surface area contributed by atoms with Gasteiger partial charge in [0, 0.05) is 29.1 Å². The Morgan fingerprint density at radius 2 is 2.20 bits per heavy atom. The second kappa shape index (κ2) is 6.93. The van der Waals surface area contributed by atoms with Crippen LogP contribution in [0.2, 0.25) is 0 Å². The third-order valence-electron chi connectivity index (χ3n) is 3.01. The highest BCUT2D eigenvalue weighted by atomic mass is 32.2. The molecule has 1 aromatic rings. The van der Waals surface area contributed by atoms with Gasteiger partial charge in [0.2, 0.25) is 10.0 Å². The van der Waals surface area contributed by atoms with Crippen LogP contribution in [0.5, 0.6) is 0 Å². The first-order valence-corrected chi connectivity index (χ1v) is 9.98. The van der Waals surface area contributed by atoms with Gasteiger partial charge in [-0.1, -0.05) is 0 Å². The molecule has 1 heterocycles. The Kier molecular flexibility index (Phi) is 5.48. The Balaban J connectivity index is 2.02. The van der Waals surface area contributed by atoms with Crippen molar-refractivity contribution in [2.24, 2.45) is 0 Å². The zero-order valence-electron chi connectivity index (χ0n) is 11.3. The van der Waals surface area contributed by atoms with E-state index in [1.165, 1.54) is 24.6 Å². The quantitative estimate of drug-likeness (QED) is 0.707. The average molecular weight is 334 g/mol. The number of hydrogen-bond donors (Lipinski definition) is 3. The summed E-state index contributed by atoms with van der Waals surface area (Å²) in [5.41, 5.74) is 7.16. The van der Waals surface area contributed by atoms with Gasteiger partial charge in [0.05, 0.1) is 16.3 Å². The van der Waals surface area contributed by atoms with Crippen LogP contribution >= 0.6 is 23.5 Å². The minimum absolute atomic E-state index is 0.186. The first-order chi connectivity index (χ1) is 9.53. The number of nitrogens with one attached hydrogen (secondary N) is 2. The largest absolute Gasteiger partial charge is 0.397 e. The molecule has 0 radical (unpaired) electrons. The molecule has 0 spiro atoms. The second-order valence-electron chi connectivity index (χ2n) is 4.41. The molecule has 0 aromatic heterocycles. The van der Waals surface area contributed by atoms with Gasteiger partial charge in [0.15, 0.2) is 0 Å². The lowest BCUT2D eigenvalue weighted by Gasteiger charge is -2.22. The fraction of sp³-hybridized carbons (Fsp3) is 0.500. The zero-order valence-corrected chi connectivity index (χ0v) is 13.7. The standard InChI is InChI=1S/C12H19N3O2S3/c1-14-20(16,17)10-2-3-12(11(13)6-10)15-7-9-8-18-4-5-19-9/h2-3,6,9,14-15H,4-5,7-8,13H2,1H3.